The summed E-state index contributed by atoms with van der Waals surface area (Å²) in [6, 6.07) is 119. The number of benzene rings is 16. The lowest BCUT2D eigenvalue weighted by molar-refractivity contribution is 0.669. The fourth-order valence-electron chi connectivity index (χ4n) is 14.9. The third-order valence-corrected chi connectivity index (χ3v) is 20.0. The highest BCUT2D eigenvalue weighted by Crippen LogP contribution is 2.45. The molecular weight excluding hydrogens is 1250 g/mol. The molecule has 16 aromatic carbocycles. The van der Waals surface area contributed by atoms with Crippen molar-refractivity contribution in [1.29, 1.82) is 0 Å². The summed E-state index contributed by atoms with van der Waals surface area (Å²) in [4.78, 5) is 31.2. The summed E-state index contributed by atoms with van der Waals surface area (Å²) in [5.74, 6) is 3.49. The van der Waals surface area contributed by atoms with Gasteiger partial charge in [0.25, 0.3) is 0 Å². The number of furan rings is 2. The van der Waals surface area contributed by atoms with E-state index >= 15 is 0 Å². The third-order valence-electron chi connectivity index (χ3n) is 20.0. The predicted molar refractivity (Wildman–Crippen MR) is 418 cm³/mol. The molecule has 8 nitrogen and oxygen atoms in total. The summed E-state index contributed by atoms with van der Waals surface area (Å²) >= 11 is 0. The quantitative estimate of drug-likeness (QED) is 0.118. The van der Waals surface area contributed by atoms with Gasteiger partial charge in [0.1, 0.15) is 22.3 Å². The molecule has 0 fully saturated rings. The lowest BCUT2D eigenvalue weighted by Gasteiger charge is -2.12. The molecule has 20 aromatic rings. The zero-order valence-corrected chi connectivity index (χ0v) is 54.8. The van der Waals surface area contributed by atoms with Crippen LogP contribution in [0.4, 0.5) is 0 Å². The molecule has 0 spiro atoms. The maximum absolute atomic E-state index is 6.90. The Hall–Kier alpha value is -13.8. The second-order valence-corrected chi connectivity index (χ2v) is 26.0. The van der Waals surface area contributed by atoms with Crippen molar-refractivity contribution < 1.29 is 8.83 Å². The third kappa shape index (κ3) is 10.2. The van der Waals surface area contributed by atoms with E-state index in [1.54, 1.807) is 0 Å². The van der Waals surface area contributed by atoms with Crippen LogP contribution in [-0.4, -0.2) is 29.9 Å². The molecule has 474 valence electrons. The van der Waals surface area contributed by atoms with Crippen LogP contribution in [0.3, 0.4) is 0 Å². The minimum absolute atomic E-state index is 0.567. The zero-order valence-electron chi connectivity index (χ0n) is 54.8. The van der Waals surface area contributed by atoms with E-state index in [1.165, 1.54) is 32.3 Å². The predicted octanol–water partition coefficient (Wildman–Crippen LogP) is 24.8. The number of fused-ring (bicyclic) bond motifs is 12. The first-order chi connectivity index (χ1) is 50.5. The number of nitrogens with zero attached hydrogens (tertiary/aromatic N) is 6. The Morgan fingerprint density at radius 2 is 0.529 bits per heavy atom. The molecule has 102 heavy (non-hydrogen) atoms. The largest absolute Gasteiger partial charge is 0.455 e. The highest BCUT2D eigenvalue weighted by Gasteiger charge is 2.24. The molecular formula is C94H56N6O2. The van der Waals surface area contributed by atoms with Crippen molar-refractivity contribution in [3.63, 3.8) is 0 Å². The van der Waals surface area contributed by atoms with Gasteiger partial charge in [0.2, 0.25) is 0 Å². The van der Waals surface area contributed by atoms with Crippen molar-refractivity contribution in [1.82, 2.24) is 29.9 Å². The van der Waals surface area contributed by atoms with Gasteiger partial charge in [-0.2, -0.15) is 0 Å². The van der Waals surface area contributed by atoms with Gasteiger partial charge in [-0.05, 0) is 136 Å². The number of rotatable bonds is 11. The summed E-state index contributed by atoms with van der Waals surface area (Å²) in [5, 5.41) is 13.4. The Labute approximate surface area is 585 Å². The van der Waals surface area contributed by atoms with Crippen molar-refractivity contribution in [2.45, 2.75) is 0 Å². The van der Waals surface area contributed by atoms with Crippen LogP contribution in [0.25, 0.3) is 211 Å². The fraction of sp³-hybridized carbons (Fsp3) is 0. The molecule has 0 aliphatic rings. The molecule has 20 rings (SSSR count). The summed E-state index contributed by atoms with van der Waals surface area (Å²) in [7, 11) is 0. The van der Waals surface area contributed by atoms with E-state index < -0.39 is 0 Å². The molecule has 4 aromatic heterocycles. The summed E-state index contributed by atoms with van der Waals surface area (Å²) in [6.45, 7) is 0. The second-order valence-electron chi connectivity index (χ2n) is 26.0. The maximum Gasteiger partial charge on any atom is 0.164 e. The number of aromatic nitrogens is 6. The first-order valence-electron chi connectivity index (χ1n) is 34.3. The Kier molecular flexibility index (Phi) is 13.7. The SMILES string of the molecule is c1ccc(-c2ccc(-c3nc(-c4ccccc4)nc(-c4ccc(-c5ccc6c(ccc7ccc(-c8cccc(-c9ccc(-c%10nc(-c%11ccccc%11)nc(-c%11cccc%12oc%13c(-c%14ccc%15c(ccc%16ccccc%16%15)c%14)cccc%13c%11%12)n%10)cc9)c8)cc76)c5)c5oc6ccccc6c45)n3)cc2)cc1. The van der Waals surface area contributed by atoms with Gasteiger partial charge >= 0.3 is 0 Å². The van der Waals surface area contributed by atoms with Crippen molar-refractivity contribution in [3.8, 4) is 124 Å². The van der Waals surface area contributed by atoms with E-state index in [0.717, 1.165) is 144 Å². The summed E-state index contributed by atoms with van der Waals surface area (Å²) in [6.07, 6.45) is 0. The first kappa shape index (κ1) is 58.3. The fourth-order valence-corrected chi connectivity index (χ4v) is 14.9. The van der Waals surface area contributed by atoms with Crippen LogP contribution in [0.1, 0.15) is 0 Å². The highest BCUT2D eigenvalue weighted by atomic mass is 16.3. The molecule has 0 saturated carbocycles. The van der Waals surface area contributed by atoms with Crippen LogP contribution in [-0.2, 0) is 0 Å². The number of hydrogen-bond acceptors (Lipinski definition) is 8. The molecule has 0 aliphatic carbocycles. The van der Waals surface area contributed by atoms with Crippen LogP contribution in [0, 0.1) is 0 Å². The molecule has 0 unspecified atom stereocenters. The molecule has 0 amide bonds. The smallest absolute Gasteiger partial charge is 0.164 e. The van der Waals surface area contributed by atoms with Crippen LogP contribution in [0.2, 0.25) is 0 Å². The first-order valence-corrected chi connectivity index (χ1v) is 34.3. The standard InChI is InChI=1S/C94H56N6O2/c1-4-17-57(18-5-1)58-33-40-64(41-34-58)92-96-90(63-22-8-3-9-23-63)98-94(100-92)81-52-51-77(88-86(81)78-27-12-13-31-83(78)101-88)72-48-50-75-70(55-72)46-39-61-37-44-68(56-82(61)75)67-25-14-24-66(53-67)59-35-42-65(43-36-59)91-95-89(62-20-6-2-7-21-62)97-93(99-91)80-30-16-32-84-85(80)79-29-15-28-76(87(79)102-84)71-47-49-74-69(54-71)45-38-60-19-10-11-26-73(60)74/h1-56H. The van der Waals surface area contributed by atoms with Crippen LogP contribution in [0.15, 0.2) is 349 Å². The Balaban J connectivity index is 0.620. The van der Waals surface area contributed by atoms with E-state index in [1.807, 2.05) is 91.0 Å². The normalized spacial score (nSPS) is 11.7. The van der Waals surface area contributed by atoms with E-state index in [4.69, 9.17) is 38.7 Å². The van der Waals surface area contributed by atoms with Gasteiger partial charge < -0.3 is 8.83 Å². The molecule has 4 heterocycles. The van der Waals surface area contributed by atoms with Crippen molar-refractivity contribution in [2.75, 3.05) is 0 Å². The highest BCUT2D eigenvalue weighted by molar-refractivity contribution is 6.18. The molecule has 0 bridgehead atoms. The van der Waals surface area contributed by atoms with Gasteiger partial charge in [-0.3, -0.25) is 0 Å². The van der Waals surface area contributed by atoms with Gasteiger partial charge in [-0.25, -0.2) is 29.9 Å². The van der Waals surface area contributed by atoms with Gasteiger partial charge in [0.05, 0.1) is 0 Å². The molecule has 8 heteroatoms. The van der Waals surface area contributed by atoms with E-state index in [9.17, 15) is 0 Å². The average Bonchev–Trinajstić information content (AvgIpc) is 1.55. The van der Waals surface area contributed by atoms with Crippen LogP contribution in [0.5, 0.6) is 0 Å². The minimum Gasteiger partial charge on any atom is -0.455 e. The lowest BCUT2D eigenvalue weighted by atomic mass is 9.93. The minimum atomic E-state index is 0.567. The van der Waals surface area contributed by atoms with Gasteiger partial charge in [-0.1, -0.05) is 291 Å². The molecule has 0 N–H and O–H groups in total. The molecule has 0 aliphatic heterocycles. The van der Waals surface area contributed by atoms with Crippen LogP contribution >= 0.6 is 0 Å². The summed E-state index contributed by atoms with van der Waals surface area (Å²) < 4.78 is 13.7. The van der Waals surface area contributed by atoms with E-state index in [2.05, 4.69) is 249 Å². The Morgan fingerprint density at radius 1 is 0.167 bits per heavy atom. The maximum atomic E-state index is 6.90. The second kappa shape index (κ2) is 24.0. The van der Waals surface area contributed by atoms with Crippen molar-refractivity contribution in [2.24, 2.45) is 0 Å². The molecule has 0 atom stereocenters. The Bertz CT molecular complexity index is 6730. The van der Waals surface area contributed by atoms with Crippen molar-refractivity contribution >= 4 is 87.0 Å². The number of hydrogen-bond donors (Lipinski definition) is 0. The topological polar surface area (TPSA) is 104 Å². The molecule has 0 radical (unpaired) electrons. The van der Waals surface area contributed by atoms with Crippen LogP contribution < -0.4 is 0 Å². The van der Waals surface area contributed by atoms with Gasteiger partial charge in [-0.15, -0.1) is 0 Å². The lowest BCUT2D eigenvalue weighted by Crippen LogP contribution is -2.00. The summed E-state index contributed by atoms with van der Waals surface area (Å²) in [5.41, 5.74) is 19.3. The average molecular weight is 1300 g/mol. The van der Waals surface area contributed by atoms with E-state index in [0.29, 0.717) is 34.9 Å². The van der Waals surface area contributed by atoms with Gasteiger partial charge in [0, 0.05) is 66.1 Å². The van der Waals surface area contributed by atoms with E-state index in [-0.39, 0.29) is 0 Å². The van der Waals surface area contributed by atoms with Gasteiger partial charge in [0.15, 0.2) is 34.9 Å². The number of para-hydroxylation sites is 2. The monoisotopic (exact) mass is 1300 g/mol. The zero-order chi connectivity index (χ0) is 67.2. The van der Waals surface area contributed by atoms with Crippen molar-refractivity contribution in [3.05, 3.63) is 340 Å². The molecule has 0 saturated heterocycles. The Morgan fingerprint density at radius 3 is 1.18 bits per heavy atom.